The molecule has 0 heterocycles. The maximum Gasteiger partial charge on any atom is 0.106 e. The van der Waals surface area contributed by atoms with Gasteiger partial charge in [-0.25, -0.2) is 0 Å². The molecule has 0 aliphatic carbocycles. The van der Waals surface area contributed by atoms with E-state index >= 15 is 0 Å². The Balaban J connectivity index is 0. The average molecular weight is 146 g/mol. The van der Waals surface area contributed by atoms with E-state index < -0.39 is 11.6 Å². The minimum atomic E-state index is -0.620. The number of aliphatic hydroxyl groups is 1. The summed E-state index contributed by atoms with van der Waals surface area (Å²) in [7, 11) is 0. The Labute approximate surface area is 54.1 Å². The summed E-state index contributed by atoms with van der Waals surface area (Å²) < 4.78 is 0. The topological polar surface area (TPSA) is 46.2 Å². The third-order valence-electron chi connectivity index (χ3n) is 0.461. The lowest BCUT2D eigenvalue weighted by Gasteiger charge is -2.02. The zero-order valence-electron chi connectivity index (χ0n) is 3.97. The Morgan fingerprint density at radius 3 is 1.86 bits per heavy atom. The molecule has 0 fully saturated rings. The molecule has 7 heavy (non-hydrogen) atoms. The zero-order valence-corrected chi connectivity index (χ0v) is 5.54. The van der Waals surface area contributed by atoms with E-state index in [0.29, 0.717) is 0 Å². The Morgan fingerprint density at radius 2 is 1.86 bits per heavy atom. The number of halogens is 2. The van der Waals surface area contributed by atoms with Crippen LogP contribution in [0.25, 0.3) is 0 Å². The van der Waals surface area contributed by atoms with Crippen LogP contribution in [-0.4, -0.2) is 16.7 Å². The minimum Gasteiger partial charge on any atom is -0.391 e. The molecule has 2 nitrogen and oxygen atoms in total. The van der Waals surface area contributed by atoms with Crippen LogP contribution >= 0.6 is 24.0 Å². The van der Waals surface area contributed by atoms with Gasteiger partial charge in [0.2, 0.25) is 0 Å². The fraction of sp³-hybridized carbons (Fsp3) is 1.00. The molecular weight excluding hydrogens is 137 g/mol. The van der Waals surface area contributed by atoms with Gasteiger partial charge in [-0.15, -0.1) is 24.0 Å². The van der Waals surface area contributed by atoms with Crippen molar-refractivity contribution in [1.82, 2.24) is 0 Å². The SMILES string of the molecule is CC(O)C(N)Cl.Cl. The van der Waals surface area contributed by atoms with E-state index in [2.05, 4.69) is 0 Å². The second-order valence-electron chi connectivity index (χ2n) is 1.19. The Hall–Kier alpha value is 0.500. The zero-order chi connectivity index (χ0) is 5.15. The lowest BCUT2D eigenvalue weighted by atomic mass is 10.4. The van der Waals surface area contributed by atoms with Crippen molar-refractivity contribution >= 4 is 24.0 Å². The summed E-state index contributed by atoms with van der Waals surface area (Å²) in [5.74, 6) is 0. The van der Waals surface area contributed by atoms with Gasteiger partial charge in [0.15, 0.2) is 0 Å². The summed E-state index contributed by atoms with van der Waals surface area (Å²) in [5.41, 5.74) is 4.33. The fourth-order valence-corrected chi connectivity index (χ4v) is 0. The van der Waals surface area contributed by atoms with Gasteiger partial charge in [-0.2, -0.15) is 0 Å². The van der Waals surface area contributed by atoms with E-state index in [0.717, 1.165) is 0 Å². The van der Waals surface area contributed by atoms with Crippen molar-refractivity contribution in [3.05, 3.63) is 0 Å². The Morgan fingerprint density at radius 1 is 1.71 bits per heavy atom. The van der Waals surface area contributed by atoms with E-state index in [9.17, 15) is 0 Å². The van der Waals surface area contributed by atoms with Crippen LogP contribution in [0.15, 0.2) is 0 Å². The number of nitrogens with two attached hydrogens (primary N) is 1. The van der Waals surface area contributed by atoms with Crippen molar-refractivity contribution in [2.75, 3.05) is 0 Å². The van der Waals surface area contributed by atoms with Crippen LogP contribution in [0.1, 0.15) is 6.92 Å². The highest BCUT2D eigenvalue weighted by Gasteiger charge is 2.00. The molecule has 4 heteroatoms. The normalized spacial score (nSPS) is 17.1. The van der Waals surface area contributed by atoms with Gasteiger partial charge in [-0.1, -0.05) is 0 Å². The standard InChI is InChI=1S/C3H8ClNO.ClH/c1-2(6)3(4)5;/h2-3,6H,5H2,1H3;1H. The summed E-state index contributed by atoms with van der Waals surface area (Å²) in [5, 5.41) is 8.37. The number of hydrogen-bond acceptors (Lipinski definition) is 2. The van der Waals surface area contributed by atoms with Crippen molar-refractivity contribution in [2.24, 2.45) is 5.73 Å². The fourth-order valence-electron chi connectivity index (χ4n) is 0. The van der Waals surface area contributed by atoms with Crippen molar-refractivity contribution in [3.63, 3.8) is 0 Å². The van der Waals surface area contributed by atoms with E-state index in [1.807, 2.05) is 0 Å². The van der Waals surface area contributed by atoms with E-state index in [1.165, 1.54) is 6.92 Å². The first-order valence-corrected chi connectivity index (χ1v) is 2.16. The van der Waals surface area contributed by atoms with Crippen LogP contribution in [-0.2, 0) is 0 Å². The number of aliphatic hydroxyl groups excluding tert-OH is 1. The predicted octanol–water partition coefficient (Wildman–Crippen LogP) is 0.313. The van der Waals surface area contributed by atoms with Gasteiger partial charge in [0.1, 0.15) is 5.50 Å². The third kappa shape index (κ3) is 6.50. The predicted molar refractivity (Wildman–Crippen MR) is 32.8 cm³/mol. The molecule has 0 aliphatic rings. The molecule has 46 valence electrons. The van der Waals surface area contributed by atoms with Crippen molar-refractivity contribution < 1.29 is 5.11 Å². The number of hydrogen-bond donors (Lipinski definition) is 2. The van der Waals surface area contributed by atoms with Gasteiger partial charge in [0.25, 0.3) is 0 Å². The number of alkyl halides is 1. The smallest absolute Gasteiger partial charge is 0.106 e. The lowest BCUT2D eigenvalue weighted by molar-refractivity contribution is 0.191. The summed E-state index contributed by atoms with van der Waals surface area (Å²) in [6, 6.07) is 0. The number of rotatable bonds is 1. The molecule has 0 saturated carbocycles. The highest BCUT2D eigenvalue weighted by atomic mass is 35.5. The van der Waals surface area contributed by atoms with Crippen LogP contribution in [0.4, 0.5) is 0 Å². The highest BCUT2D eigenvalue weighted by Crippen LogP contribution is 1.90. The largest absolute Gasteiger partial charge is 0.391 e. The molecule has 0 radical (unpaired) electrons. The van der Waals surface area contributed by atoms with E-state index in [1.54, 1.807) is 0 Å². The lowest BCUT2D eigenvalue weighted by Crippen LogP contribution is -2.25. The average Bonchev–Trinajstić information content (AvgIpc) is 1.36. The molecule has 0 aromatic carbocycles. The molecule has 0 spiro atoms. The van der Waals surface area contributed by atoms with Crippen LogP contribution < -0.4 is 5.73 Å². The molecule has 2 unspecified atom stereocenters. The minimum absolute atomic E-state index is 0. The first kappa shape index (κ1) is 10.5. The summed E-state index contributed by atoms with van der Waals surface area (Å²) in [6.45, 7) is 1.54. The summed E-state index contributed by atoms with van der Waals surface area (Å²) >= 11 is 5.14. The van der Waals surface area contributed by atoms with Crippen molar-refractivity contribution in [1.29, 1.82) is 0 Å². The summed E-state index contributed by atoms with van der Waals surface area (Å²) in [6.07, 6.45) is -0.605. The first-order valence-electron chi connectivity index (χ1n) is 1.72. The van der Waals surface area contributed by atoms with Crippen LogP contribution in [0.5, 0.6) is 0 Å². The Kier molecular flexibility index (Phi) is 6.96. The monoisotopic (exact) mass is 145 g/mol. The van der Waals surface area contributed by atoms with Gasteiger partial charge in [-0.3, -0.25) is 0 Å². The van der Waals surface area contributed by atoms with Gasteiger partial charge in [0, 0.05) is 0 Å². The second-order valence-corrected chi connectivity index (χ2v) is 1.69. The maximum absolute atomic E-state index is 8.37. The van der Waals surface area contributed by atoms with Crippen LogP contribution in [0, 0.1) is 0 Å². The van der Waals surface area contributed by atoms with Crippen molar-refractivity contribution in [3.8, 4) is 0 Å². The van der Waals surface area contributed by atoms with E-state index in [4.69, 9.17) is 22.4 Å². The van der Waals surface area contributed by atoms with Crippen LogP contribution in [0.3, 0.4) is 0 Å². The molecule has 0 saturated heterocycles. The van der Waals surface area contributed by atoms with Gasteiger partial charge >= 0.3 is 0 Å². The second kappa shape index (κ2) is 4.65. The van der Waals surface area contributed by atoms with Crippen LogP contribution in [0.2, 0.25) is 0 Å². The quantitative estimate of drug-likeness (QED) is 0.413. The molecule has 0 amide bonds. The third-order valence-corrected chi connectivity index (χ3v) is 0.826. The summed E-state index contributed by atoms with van der Waals surface area (Å²) in [4.78, 5) is 0. The molecular formula is C3H9Cl2NO. The molecule has 0 aromatic rings. The van der Waals surface area contributed by atoms with Crippen molar-refractivity contribution in [2.45, 2.75) is 18.5 Å². The van der Waals surface area contributed by atoms with Gasteiger partial charge in [-0.05, 0) is 6.92 Å². The molecule has 2 atom stereocenters. The molecule has 0 bridgehead atoms. The first-order chi connectivity index (χ1) is 2.64. The van der Waals surface area contributed by atoms with Gasteiger partial charge < -0.3 is 10.8 Å². The van der Waals surface area contributed by atoms with Gasteiger partial charge in [0.05, 0.1) is 6.10 Å². The van der Waals surface area contributed by atoms with E-state index in [-0.39, 0.29) is 12.4 Å². The molecule has 0 aliphatic heterocycles. The molecule has 0 rings (SSSR count). The Bertz CT molecular complexity index is 33.9. The molecule has 3 N–H and O–H groups in total. The maximum atomic E-state index is 8.37. The highest BCUT2D eigenvalue weighted by molar-refractivity contribution is 6.20. The molecule has 0 aromatic heterocycles.